The summed E-state index contributed by atoms with van der Waals surface area (Å²) in [6.45, 7) is 4.43. The molecule has 0 atom stereocenters. The van der Waals surface area contributed by atoms with E-state index in [4.69, 9.17) is 19.4 Å². The molecule has 11 rings (SSSR count). The van der Waals surface area contributed by atoms with Gasteiger partial charge in [-0.3, -0.25) is 0 Å². The van der Waals surface area contributed by atoms with Crippen LogP contribution in [0.2, 0.25) is 0 Å². The first-order valence-electron chi connectivity index (χ1n) is 20.5. The van der Waals surface area contributed by atoms with E-state index in [0.29, 0.717) is 17.5 Å². The Hall–Kier alpha value is -7.43. The van der Waals surface area contributed by atoms with Crippen LogP contribution in [0.5, 0.6) is 0 Å². The van der Waals surface area contributed by atoms with Gasteiger partial charge in [-0.15, -0.1) is 0 Å². The fourth-order valence-electron chi connectivity index (χ4n) is 9.13. The van der Waals surface area contributed by atoms with Crippen LogP contribution >= 0.6 is 0 Å². The molecule has 0 saturated heterocycles. The Bertz CT molecular complexity index is 3380. The second kappa shape index (κ2) is 14.2. The van der Waals surface area contributed by atoms with E-state index in [1.807, 2.05) is 30.3 Å². The molecular formula is C55H39N3O. The Morgan fingerprint density at radius 2 is 0.898 bits per heavy atom. The van der Waals surface area contributed by atoms with Crippen molar-refractivity contribution < 1.29 is 4.42 Å². The quantitative estimate of drug-likeness (QED) is 0.152. The molecule has 0 amide bonds. The number of rotatable bonds is 7. The molecule has 0 aliphatic carbocycles. The molecule has 0 aliphatic rings. The maximum absolute atomic E-state index is 6.56. The monoisotopic (exact) mass is 757 g/mol. The minimum absolute atomic E-state index is 0.609. The molecule has 0 spiro atoms. The van der Waals surface area contributed by atoms with Crippen LogP contribution in [0.25, 0.3) is 111 Å². The van der Waals surface area contributed by atoms with Gasteiger partial charge < -0.3 is 4.42 Å². The standard InChI is InChI=1S/C55H39N3O/c1-3-34-16-8-9-19-39(34)40-24-14-25-46(38(40)4-2)54-56-53(35-17-6-5-7-18-35)57-55(58-54)47-26-15-27-51-52(47)49-33-37(29-31-50(49)59-51)36-28-30-45-43-22-11-10-20-41(43)42-21-12-13-23-44(42)48(45)32-36/h5-33H,3-4H2,1-2H3. The summed E-state index contributed by atoms with van der Waals surface area (Å²) < 4.78 is 6.56. The molecule has 59 heavy (non-hydrogen) atoms. The van der Waals surface area contributed by atoms with Crippen molar-refractivity contribution in [1.29, 1.82) is 0 Å². The third-order valence-corrected chi connectivity index (χ3v) is 11.9. The van der Waals surface area contributed by atoms with E-state index in [-0.39, 0.29) is 0 Å². The fourth-order valence-corrected chi connectivity index (χ4v) is 9.13. The molecule has 2 aromatic heterocycles. The molecule has 2 heterocycles. The summed E-state index contributed by atoms with van der Waals surface area (Å²) >= 11 is 0. The molecule has 4 heteroatoms. The van der Waals surface area contributed by atoms with E-state index in [2.05, 4.69) is 159 Å². The molecule has 11 aromatic rings. The molecule has 0 N–H and O–H groups in total. The van der Waals surface area contributed by atoms with Crippen molar-refractivity contribution >= 4 is 54.3 Å². The molecule has 0 bridgehead atoms. The predicted octanol–water partition coefficient (Wildman–Crippen LogP) is 14.7. The van der Waals surface area contributed by atoms with Crippen molar-refractivity contribution in [3.05, 3.63) is 187 Å². The number of hydrogen-bond acceptors (Lipinski definition) is 4. The largest absolute Gasteiger partial charge is 0.456 e. The van der Waals surface area contributed by atoms with E-state index in [1.165, 1.54) is 54.6 Å². The zero-order valence-electron chi connectivity index (χ0n) is 32.9. The molecule has 0 saturated carbocycles. The number of fused-ring (bicyclic) bond motifs is 9. The normalized spacial score (nSPS) is 11.7. The molecule has 280 valence electrons. The lowest BCUT2D eigenvalue weighted by Crippen LogP contribution is -2.03. The van der Waals surface area contributed by atoms with Gasteiger partial charge in [0.25, 0.3) is 0 Å². The van der Waals surface area contributed by atoms with Gasteiger partial charge >= 0.3 is 0 Å². The van der Waals surface area contributed by atoms with Crippen LogP contribution in [0.4, 0.5) is 0 Å². The average molecular weight is 758 g/mol. The Kier molecular flexibility index (Phi) is 8.37. The zero-order chi connectivity index (χ0) is 39.5. The summed E-state index contributed by atoms with van der Waals surface area (Å²) in [5, 5.41) is 9.57. The van der Waals surface area contributed by atoms with Gasteiger partial charge in [-0.25, -0.2) is 15.0 Å². The Balaban J connectivity index is 1.11. The first-order chi connectivity index (χ1) is 29.2. The predicted molar refractivity (Wildman–Crippen MR) is 246 cm³/mol. The second-order valence-electron chi connectivity index (χ2n) is 15.2. The zero-order valence-corrected chi connectivity index (χ0v) is 32.9. The Labute approximate surface area is 342 Å². The summed E-state index contributed by atoms with van der Waals surface area (Å²) in [6.07, 6.45) is 1.79. The second-order valence-corrected chi connectivity index (χ2v) is 15.2. The van der Waals surface area contributed by atoms with Crippen molar-refractivity contribution in [2.75, 3.05) is 0 Å². The summed E-state index contributed by atoms with van der Waals surface area (Å²) in [7, 11) is 0. The minimum atomic E-state index is 0.609. The maximum Gasteiger partial charge on any atom is 0.164 e. The highest BCUT2D eigenvalue weighted by Gasteiger charge is 2.21. The highest BCUT2D eigenvalue weighted by Crippen LogP contribution is 2.41. The van der Waals surface area contributed by atoms with Crippen molar-refractivity contribution in [2.45, 2.75) is 26.7 Å². The lowest BCUT2D eigenvalue weighted by Gasteiger charge is -2.16. The van der Waals surface area contributed by atoms with Crippen molar-refractivity contribution in [2.24, 2.45) is 0 Å². The third-order valence-electron chi connectivity index (χ3n) is 11.9. The number of hydrogen-bond donors (Lipinski definition) is 0. The van der Waals surface area contributed by atoms with Crippen molar-refractivity contribution in [3.63, 3.8) is 0 Å². The first-order valence-corrected chi connectivity index (χ1v) is 20.5. The van der Waals surface area contributed by atoms with E-state index in [9.17, 15) is 0 Å². The van der Waals surface area contributed by atoms with E-state index >= 15 is 0 Å². The van der Waals surface area contributed by atoms with Crippen LogP contribution < -0.4 is 0 Å². The molecule has 4 nitrogen and oxygen atoms in total. The van der Waals surface area contributed by atoms with Crippen molar-refractivity contribution in [1.82, 2.24) is 15.0 Å². The van der Waals surface area contributed by atoms with E-state index in [0.717, 1.165) is 62.6 Å². The average Bonchev–Trinajstić information content (AvgIpc) is 3.69. The highest BCUT2D eigenvalue weighted by molar-refractivity contribution is 6.26. The van der Waals surface area contributed by atoms with Gasteiger partial charge in [-0.1, -0.05) is 166 Å². The summed E-state index contributed by atoms with van der Waals surface area (Å²) in [6, 6.07) is 62.4. The van der Waals surface area contributed by atoms with E-state index < -0.39 is 0 Å². The molecular weight excluding hydrogens is 719 g/mol. The number of nitrogens with zero attached hydrogens (tertiary/aromatic N) is 3. The van der Waals surface area contributed by atoms with Crippen LogP contribution in [0, 0.1) is 0 Å². The fraction of sp³-hybridized carbons (Fsp3) is 0.0727. The lowest BCUT2D eigenvalue weighted by molar-refractivity contribution is 0.669. The third kappa shape index (κ3) is 5.79. The van der Waals surface area contributed by atoms with Crippen LogP contribution in [0.15, 0.2) is 180 Å². The maximum atomic E-state index is 6.56. The SMILES string of the molecule is CCc1ccccc1-c1cccc(-c2nc(-c3ccccc3)nc(-c3cccc4oc5ccc(-c6ccc7c8ccccc8c8ccccc8c7c6)cc5c34)n2)c1CC. The van der Waals surface area contributed by atoms with Crippen molar-refractivity contribution in [3.8, 4) is 56.4 Å². The van der Waals surface area contributed by atoms with Gasteiger partial charge in [0.05, 0.1) is 0 Å². The first kappa shape index (κ1) is 34.8. The van der Waals surface area contributed by atoms with Gasteiger partial charge in [0, 0.05) is 27.5 Å². The summed E-state index contributed by atoms with van der Waals surface area (Å²) in [5.41, 5.74) is 11.8. The Morgan fingerprint density at radius 1 is 0.356 bits per heavy atom. The smallest absolute Gasteiger partial charge is 0.164 e. The van der Waals surface area contributed by atoms with Crippen LogP contribution in [-0.4, -0.2) is 15.0 Å². The lowest BCUT2D eigenvalue weighted by atomic mass is 9.90. The van der Waals surface area contributed by atoms with Crippen LogP contribution in [-0.2, 0) is 12.8 Å². The van der Waals surface area contributed by atoms with E-state index in [1.54, 1.807) is 0 Å². The van der Waals surface area contributed by atoms with Crippen LogP contribution in [0.1, 0.15) is 25.0 Å². The number of benzene rings is 9. The molecule has 0 unspecified atom stereocenters. The number of furan rings is 1. The molecule has 9 aromatic carbocycles. The number of aryl methyl sites for hydroxylation is 1. The van der Waals surface area contributed by atoms with Gasteiger partial charge in [0.15, 0.2) is 17.5 Å². The molecule has 0 fully saturated rings. The summed E-state index contributed by atoms with van der Waals surface area (Å²) in [4.78, 5) is 15.7. The van der Waals surface area contributed by atoms with Crippen LogP contribution in [0.3, 0.4) is 0 Å². The Morgan fingerprint density at radius 3 is 1.63 bits per heavy atom. The minimum Gasteiger partial charge on any atom is -0.456 e. The number of aromatic nitrogens is 3. The van der Waals surface area contributed by atoms with Gasteiger partial charge in [-0.2, -0.15) is 0 Å². The summed E-state index contributed by atoms with van der Waals surface area (Å²) in [5.74, 6) is 1.90. The van der Waals surface area contributed by atoms with Gasteiger partial charge in [0.2, 0.25) is 0 Å². The highest BCUT2D eigenvalue weighted by atomic mass is 16.3. The van der Waals surface area contributed by atoms with Gasteiger partial charge in [-0.05, 0) is 103 Å². The topological polar surface area (TPSA) is 51.8 Å². The molecule has 0 radical (unpaired) electrons. The molecule has 0 aliphatic heterocycles. The van der Waals surface area contributed by atoms with Gasteiger partial charge in [0.1, 0.15) is 11.2 Å².